The van der Waals surface area contributed by atoms with Crippen LogP contribution in [-0.2, 0) is 13.2 Å². The van der Waals surface area contributed by atoms with Crippen molar-refractivity contribution in [2.24, 2.45) is 11.8 Å². The maximum absolute atomic E-state index is 10.1. The van der Waals surface area contributed by atoms with Crippen molar-refractivity contribution in [2.45, 2.75) is 52.7 Å². The van der Waals surface area contributed by atoms with E-state index in [1.807, 2.05) is 0 Å². The fraction of sp³-hybridized carbons (Fsp3) is 0.688. The average molecular weight is 278 g/mol. The quantitative estimate of drug-likeness (QED) is 0.774. The zero-order valence-corrected chi connectivity index (χ0v) is 12.5. The van der Waals surface area contributed by atoms with E-state index in [4.69, 9.17) is 0 Å². The molecule has 0 amide bonds. The molecule has 2 atom stereocenters. The van der Waals surface area contributed by atoms with Gasteiger partial charge in [0, 0.05) is 23.9 Å². The standard InChI is InChI=1S/C16H26N2O2/c1-11-5-3-4-6-13(11)7-17-9-15-14(10-19)8-18-12(2)16(15)20/h8,11,13,17,19-20H,3-7,9-10H2,1-2H3. The lowest BCUT2D eigenvalue weighted by Crippen LogP contribution is -2.29. The molecular weight excluding hydrogens is 252 g/mol. The Morgan fingerprint density at radius 1 is 1.35 bits per heavy atom. The summed E-state index contributed by atoms with van der Waals surface area (Å²) in [5.41, 5.74) is 2.10. The van der Waals surface area contributed by atoms with Crippen LogP contribution in [0.25, 0.3) is 0 Å². The first-order valence-electron chi connectivity index (χ1n) is 7.61. The highest BCUT2D eigenvalue weighted by molar-refractivity contribution is 5.40. The third-order valence-corrected chi connectivity index (χ3v) is 4.60. The number of aromatic nitrogens is 1. The Kier molecular flexibility index (Phi) is 5.38. The van der Waals surface area contributed by atoms with Crippen LogP contribution in [0.2, 0.25) is 0 Å². The van der Waals surface area contributed by atoms with E-state index in [0.29, 0.717) is 17.8 Å². The first-order chi connectivity index (χ1) is 9.63. The molecule has 4 heteroatoms. The van der Waals surface area contributed by atoms with Crippen molar-refractivity contribution in [3.05, 3.63) is 23.0 Å². The van der Waals surface area contributed by atoms with Gasteiger partial charge in [-0.25, -0.2) is 0 Å². The van der Waals surface area contributed by atoms with Crippen LogP contribution < -0.4 is 5.32 Å². The fourth-order valence-electron chi connectivity index (χ4n) is 3.10. The molecule has 1 heterocycles. The second-order valence-corrected chi connectivity index (χ2v) is 6.01. The lowest BCUT2D eigenvalue weighted by atomic mass is 9.80. The highest BCUT2D eigenvalue weighted by Gasteiger charge is 2.21. The molecule has 1 saturated carbocycles. The van der Waals surface area contributed by atoms with Gasteiger partial charge in [-0.05, 0) is 31.7 Å². The Morgan fingerprint density at radius 3 is 2.80 bits per heavy atom. The number of aryl methyl sites for hydroxylation is 1. The molecule has 1 aromatic heterocycles. The molecule has 0 bridgehead atoms. The highest BCUT2D eigenvalue weighted by atomic mass is 16.3. The summed E-state index contributed by atoms with van der Waals surface area (Å²) in [6, 6.07) is 0. The molecule has 0 aromatic carbocycles. The summed E-state index contributed by atoms with van der Waals surface area (Å²) in [6.45, 7) is 5.60. The number of aromatic hydroxyl groups is 1. The predicted molar refractivity (Wildman–Crippen MR) is 79.4 cm³/mol. The van der Waals surface area contributed by atoms with Gasteiger partial charge in [0.1, 0.15) is 5.75 Å². The Bertz CT molecular complexity index is 448. The van der Waals surface area contributed by atoms with Crippen LogP contribution in [-0.4, -0.2) is 21.7 Å². The van der Waals surface area contributed by atoms with E-state index in [1.54, 1.807) is 13.1 Å². The molecule has 2 rings (SSSR count). The summed E-state index contributed by atoms with van der Waals surface area (Å²) in [5.74, 6) is 1.72. The van der Waals surface area contributed by atoms with Gasteiger partial charge < -0.3 is 15.5 Å². The van der Waals surface area contributed by atoms with Crippen molar-refractivity contribution in [1.82, 2.24) is 10.3 Å². The monoisotopic (exact) mass is 278 g/mol. The van der Waals surface area contributed by atoms with Gasteiger partial charge in [-0.3, -0.25) is 4.98 Å². The number of nitrogens with one attached hydrogen (secondary N) is 1. The second-order valence-electron chi connectivity index (χ2n) is 6.01. The van der Waals surface area contributed by atoms with Gasteiger partial charge in [0.15, 0.2) is 0 Å². The summed E-state index contributed by atoms with van der Waals surface area (Å²) in [6.07, 6.45) is 6.96. The molecule has 0 aliphatic heterocycles. The number of hydrogen-bond donors (Lipinski definition) is 3. The number of hydrogen-bond acceptors (Lipinski definition) is 4. The van der Waals surface area contributed by atoms with Crippen LogP contribution >= 0.6 is 0 Å². The zero-order chi connectivity index (χ0) is 14.5. The maximum atomic E-state index is 10.1. The smallest absolute Gasteiger partial charge is 0.141 e. The largest absolute Gasteiger partial charge is 0.506 e. The Hall–Kier alpha value is -1.13. The van der Waals surface area contributed by atoms with Gasteiger partial charge in [-0.15, -0.1) is 0 Å². The molecule has 112 valence electrons. The van der Waals surface area contributed by atoms with E-state index in [-0.39, 0.29) is 12.4 Å². The van der Waals surface area contributed by atoms with E-state index < -0.39 is 0 Å². The number of aliphatic hydroxyl groups excluding tert-OH is 1. The van der Waals surface area contributed by atoms with Crippen LogP contribution in [0.1, 0.15) is 49.4 Å². The molecule has 0 saturated heterocycles. The summed E-state index contributed by atoms with van der Waals surface area (Å²) in [7, 11) is 0. The number of nitrogens with zero attached hydrogens (tertiary/aromatic N) is 1. The third-order valence-electron chi connectivity index (χ3n) is 4.60. The first kappa shape index (κ1) is 15.3. The Labute approximate surface area is 121 Å². The van der Waals surface area contributed by atoms with Gasteiger partial charge in [0.2, 0.25) is 0 Å². The van der Waals surface area contributed by atoms with E-state index in [9.17, 15) is 10.2 Å². The van der Waals surface area contributed by atoms with E-state index in [1.165, 1.54) is 25.7 Å². The average Bonchev–Trinajstić information content (AvgIpc) is 2.45. The minimum absolute atomic E-state index is 0.0856. The summed E-state index contributed by atoms with van der Waals surface area (Å²) < 4.78 is 0. The highest BCUT2D eigenvalue weighted by Crippen LogP contribution is 2.29. The van der Waals surface area contributed by atoms with Crippen molar-refractivity contribution in [3.8, 4) is 5.75 Å². The topological polar surface area (TPSA) is 65.4 Å². The molecule has 20 heavy (non-hydrogen) atoms. The van der Waals surface area contributed by atoms with Crippen LogP contribution in [0.3, 0.4) is 0 Å². The molecule has 2 unspecified atom stereocenters. The van der Waals surface area contributed by atoms with Gasteiger partial charge in [-0.2, -0.15) is 0 Å². The van der Waals surface area contributed by atoms with Crippen LogP contribution in [0.15, 0.2) is 6.20 Å². The van der Waals surface area contributed by atoms with E-state index in [0.717, 1.165) is 23.9 Å². The van der Waals surface area contributed by atoms with Crippen LogP contribution in [0.4, 0.5) is 0 Å². The molecule has 3 N–H and O–H groups in total. The number of pyridine rings is 1. The van der Waals surface area contributed by atoms with Crippen molar-refractivity contribution < 1.29 is 10.2 Å². The number of rotatable bonds is 5. The second kappa shape index (κ2) is 7.04. The first-order valence-corrected chi connectivity index (χ1v) is 7.61. The lowest BCUT2D eigenvalue weighted by molar-refractivity contribution is 0.246. The molecule has 1 fully saturated rings. The third kappa shape index (κ3) is 3.49. The molecule has 1 aromatic rings. The molecule has 0 spiro atoms. The maximum Gasteiger partial charge on any atom is 0.141 e. The van der Waals surface area contributed by atoms with Gasteiger partial charge in [0.05, 0.1) is 12.3 Å². The van der Waals surface area contributed by atoms with Crippen LogP contribution in [0.5, 0.6) is 5.75 Å². The molecule has 1 aliphatic rings. The van der Waals surface area contributed by atoms with Crippen molar-refractivity contribution in [1.29, 1.82) is 0 Å². The Balaban J connectivity index is 1.95. The Morgan fingerprint density at radius 2 is 2.10 bits per heavy atom. The molecule has 1 aliphatic carbocycles. The molecule has 4 nitrogen and oxygen atoms in total. The SMILES string of the molecule is Cc1ncc(CO)c(CNCC2CCCCC2C)c1O. The molecular formula is C16H26N2O2. The predicted octanol–water partition coefficient (Wildman–Crippen LogP) is 2.50. The van der Waals surface area contributed by atoms with Crippen molar-refractivity contribution >= 4 is 0 Å². The lowest BCUT2D eigenvalue weighted by Gasteiger charge is -2.29. The summed E-state index contributed by atoms with van der Waals surface area (Å²) in [5, 5.41) is 22.9. The van der Waals surface area contributed by atoms with Gasteiger partial charge in [0.25, 0.3) is 0 Å². The zero-order valence-electron chi connectivity index (χ0n) is 12.5. The van der Waals surface area contributed by atoms with Crippen molar-refractivity contribution in [3.63, 3.8) is 0 Å². The summed E-state index contributed by atoms with van der Waals surface area (Å²) in [4.78, 5) is 4.08. The normalized spacial score (nSPS) is 22.9. The molecule has 0 radical (unpaired) electrons. The van der Waals surface area contributed by atoms with Gasteiger partial charge in [-0.1, -0.05) is 26.2 Å². The van der Waals surface area contributed by atoms with E-state index >= 15 is 0 Å². The van der Waals surface area contributed by atoms with Crippen molar-refractivity contribution in [2.75, 3.05) is 6.54 Å². The fourth-order valence-corrected chi connectivity index (χ4v) is 3.10. The van der Waals surface area contributed by atoms with Gasteiger partial charge >= 0.3 is 0 Å². The minimum atomic E-state index is -0.0856. The van der Waals surface area contributed by atoms with E-state index in [2.05, 4.69) is 17.2 Å². The number of aliphatic hydroxyl groups is 1. The van der Waals surface area contributed by atoms with Crippen LogP contribution in [0, 0.1) is 18.8 Å². The minimum Gasteiger partial charge on any atom is -0.506 e. The summed E-state index contributed by atoms with van der Waals surface area (Å²) >= 11 is 0.